The Bertz CT molecular complexity index is 696. The Hall–Kier alpha value is -1.70. The van der Waals surface area contributed by atoms with E-state index in [1.54, 1.807) is 11.3 Å². The van der Waals surface area contributed by atoms with Gasteiger partial charge in [0.2, 0.25) is 5.91 Å². The van der Waals surface area contributed by atoms with Gasteiger partial charge in [-0.15, -0.1) is 0 Å². The molecule has 7 heteroatoms. The van der Waals surface area contributed by atoms with Crippen molar-refractivity contribution in [1.29, 1.82) is 0 Å². The lowest BCUT2D eigenvalue weighted by Crippen LogP contribution is -2.46. The fourth-order valence-corrected chi connectivity index (χ4v) is 4.37. The van der Waals surface area contributed by atoms with Gasteiger partial charge in [0, 0.05) is 19.6 Å². The summed E-state index contributed by atoms with van der Waals surface area (Å²) in [7, 11) is 0. The molecule has 0 radical (unpaired) electrons. The second-order valence-electron chi connectivity index (χ2n) is 6.56. The van der Waals surface area contributed by atoms with Gasteiger partial charge in [-0.2, -0.15) is 0 Å². The van der Waals surface area contributed by atoms with E-state index >= 15 is 0 Å². The number of nitrogens with one attached hydrogen (secondary N) is 1. The number of piperidine rings is 1. The van der Waals surface area contributed by atoms with E-state index in [-0.39, 0.29) is 17.9 Å². The average molecular weight is 361 g/mol. The maximum Gasteiger partial charge on any atom is 0.224 e. The summed E-state index contributed by atoms with van der Waals surface area (Å²) in [5.41, 5.74) is 1.03. The molecule has 2 aromatic rings. The van der Waals surface area contributed by atoms with Gasteiger partial charge in [0.15, 0.2) is 5.13 Å². The van der Waals surface area contributed by atoms with Crippen molar-refractivity contribution in [2.24, 2.45) is 5.92 Å². The van der Waals surface area contributed by atoms with Crippen LogP contribution in [0.1, 0.15) is 12.8 Å². The minimum atomic E-state index is -0.0262. The number of carbonyl (C=O) groups excluding carboxylic acids is 1. The molecule has 25 heavy (non-hydrogen) atoms. The Morgan fingerprint density at radius 1 is 1.36 bits per heavy atom. The molecule has 0 saturated carbocycles. The van der Waals surface area contributed by atoms with Crippen LogP contribution in [0.25, 0.3) is 10.2 Å². The number of carbonyl (C=O) groups is 1. The summed E-state index contributed by atoms with van der Waals surface area (Å²) < 4.78 is 12.1. The zero-order valence-corrected chi connectivity index (χ0v) is 15.0. The van der Waals surface area contributed by atoms with Gasteiger partial charge in [0.05, 0.1) is 42.1 Å². The molecule has 2 aliphatic rings. The van der Waals surface area contributed by atoms with Crippen LogP contribution in [0.3, 0.4) is 0 Å². The minimum Gasteiger partial charge on any atom is -0.376 e. The summed E-state index contributed by atoms with van der Waals surface area (Å²) >= 11 is 1.70. The normalized spacial score (nSPS) is 24.4. The summed E-state index contributed by atoms with van der Waals surface area (Å²) in [5, 5.41) is 4.05. The smallest absolute Gasteiger partial charge is 0.224 e. The van der Waals surface area contributed by atoms with E-state index < -0.39 is 0 Å². The van der Waals surface area contributed by atoms with Crippen LogP contribution in [0.5, 0.6) is 0 Å². The first-order valence-corrected chi connectivity index (χ1v) is 9.69. The van der Waals surface area contributed by atoms with Crippen LogP contribution < -0.4 is 10.2 Å². The van der Waals surface area contributed by atoms with E-state index in [4.69, 9.17) is 14.5 Å². The number of aromatic nitrogens is 1. The number of thiazole rings is 1. The Morgan fingerprint density at radius 2 is 2.28 bits per heavy atom. The zero-order valence-electron chi connectivity index (χ0n) is 14.1. The monoisotopic (exact) mass is 361 g/mol. The van der Waals surface area contributed by atoms with E-state index in [1.807, 2.05) is 18.2 Å². The van der Waals surface area contributed by atoms with Crippen molar-refractivity contribution in [3.8, 4) is 0 Å². The molecular formula is C18H23N3O3S. The van der Waals surface area contributed by atoms with Crippen molar-refractivity contribution >= 4 is 32.6 Å². The van der Waals surface area contributed by atoms with Gasteiger partial charge in [-0.25, -0.2) is 4.98 Å². The van der Waals surface area contributed by atoms with Crippen LogP contribution in [-0.2, 0) is 14.3 Å². The number of rotatable bonds is 4. The standard InChI is InChI=1S/C18H23N3O3S/c22-17(19-10-14-12-23-8-9-24-14)13-4-3-7-21(11-13)18-20-15-5-1-2-6-16(15)25-18/h1-2,5-6,13-14H,3-4,7-12H2,(H,19,22)/t13-,14-/m1/s1. The fourth-order valence-electron chi connectivity index (χ4n) is 3.37. The number of anilines is 1. The molecule has 6 nitrogen and oxygen atoms in total. The molecule has 0 aliphatic carbocycles. The molecule has 2 fully saturated rings. The summed E-state index contributed by atoms with van der Waals surface area (Å²) in [6.45, 7) is 4.02. The van der Waals surface area contributed by atoms with Crippen LogP contribution in [-0.4, -0.2) is 56.5 Å². The second kappa shape index (κ2) is 7.68. The van der Waals surface area contributed by atoms with Crippen LogP contribution in [0.15, 0.2) is 24.3 Å². The van der Waals surface area contributed by atoms with E-state index in [9.17, 15) is 4.79 Å². The Morgan fingerprint density at radius 3 is 3.12 bits per heavy atom. The van der Waals surface area contributed by atoms with E-state index in [0.29, 0.717) is 26.4 Å². The predicted octanol–water partition coefficient (Wildman–Crippen LogP) is 2.04. The van der Waals surface area contributed by atoms with Gasteiger partial charge < -0.3 is 19.7 Å². The Kier molecular flexibility index (Phi) is 5.14. The van der Waals surface area contributed by atoms with Crippen molar-refractivity contribution in [2.45, 2.75) is 18.9 Å². The first kappa shape index (κ1) is 16.8. The number of hydrogen-bond donors (Lipinski definition) is 1. The summed E-state index contributed by atoms with van der Waals surface area (Å²) in [4.78, 5) is 19.5. The Labute approximate surface area is 151 Å². The lowest BCUT2D eigenvalue weighted by molar-refractivity contribution is -0.127. The highest BCUT2D eigenvalue weighted by Gasteiger charge is 2.28. The quantitative estimate of drug-likeness (QED) is 0.903. The fraction of sp³-hybridized carbons (Fsp3) is 0.556. The molecule has 2 atom stereocenters. The second-order valence-corrected chi connectivity index (χ2v) is 7.57. The van der Waals surface area contributed by atoms with E-state index in [2.05, 4.69) is 16.3 Å². The number of ether oxygens (including phenoxy) is 2. The van der Waals surface area contributed by atoms with Crippen LogP contribution in [0.2, 0.25) is 0 Å². The molecule has 1 amide bonds. The molecule has 3 heterocycles. The number of nitrogens with zero attached hydrogens (tertiary/aromatic N) is 2. The molecule has 2 saturated heterocycles. The van der Waals surface area contributed by atoms with Crippen molar-refractivity contribution in [3.05, 3.63) is 24.3 Å². The highest BCUT2D eigenvalue weighted by molar-refractivity contribution is 7.22. The first-order valence-electron chi connectivity index (χ1n) is 8.87. The van der Waals surface area contributed by atoms with Crippen molar-refractivity contribution in [3.63, 3.8) is 0 Å². The van der Waals surface area contributed by atoms with Crippen LogP contribution >= 0.6 is 11.3 Å². The molecule has 0 unspecified atom stereocenters. The highest BCUT2D eigenvalue weighted by Crippen LogP contribution is 2.31. The van der Waals surface area contributed by atoms with Crippen molar-refractivity contribution in [2.75, 3.05) is 44.4 Å². The Balaban J connectivity index is 1.35. The summed E-state index contributed by atoms with van der Waals surface area (Å²) in [6, 6.07) is 8.18. The van der Waals surface area contributed by atoms with Crippen molar-refractivity contribution < 1.29 is 14.3 Å². The molecule has 2 aliphatic heterocycles. The van der Waals surface area contributed by atoms with Crippen LogP contribution in [0.4, 0.5) is 5.13 Å². The third-order valence-corrected chi connectivity index (χ3v) is 5.83. The number of para-hydroxylation sites is 1. The molecule has 1 aromatic heterocycles. The average Bonchev–Trinajstić information content (AvgIpc) is 3.11. The third-order valence-electron chi connectivity index (χ3n) is 4.73. The molecule has 134 valence electrons. The van der Waals surface area contributed by atoms with Gasteiger partial charge in [-0.05, 0) is 25.0 Å². The van der Waals surface area contributed by atoms with Gasteiger partial charge in [-0.3, -0.25) is 4.79 Å². The summed E-state index contributed by atoms with van der Waals surface area (Å²) in [5.74, 6) is 0.116. The first-order chi connectivity index (χ1) is 12.3. The maximum atomic E-state index is 12.5. The van der Waals surface area contributed by atoms with Gasteiger partial charge >= 0.3 is 0 Å². The highest BCUT2D eigenvalue weighted by atomic mass is 32.1. The molecule has 0 spiro atoms. The minimum absolute atomic E-state index is 0.00488. The zero-order chi connectivity index (χ0) is 17.1. The largest absolute Gasteiger partial charge is 0.376 e. The number of benzene rings is 1. The lowest BCUT2D eigenvalue weighted by Gasteiger charge is -2.32. The molecule has 1 N–H and O–H groups in total. The third kappa shape index (κ3) is 3.94. The van der Waals surface area contributed by atoms with Crippen LogP contribution in [0, 0.1) is 5.92 Å². The number of hydrogen-bond acceptors (Lipinski definition) is 6. The number of amides is 1. The molecule has 0 bridgehead atoms. The van der Waals surface area contributed by atoms with E-state index in [1.165, 1.54) is 4.70 Å². The number of fused-ring (bicyclic) bond motifs is 1. The summed E-state index contributed by atoms with van der Waals surface area (Å²) in [6.07, 6.45) is 1.91. The van der Waals surface area contributed by atoms with Gasteiger partial charge in [-0.1, -0.05) is 23.5 Å². The molecule has 1 aromatic carbocycles. The lowest BCUT2D eigenvalue weighted by atomic mass is 9.97. The van der Waals surface area contributed by atoms with Gasteiger partial charge in [0.1, 0.15) is 0 Å². The topological polar surface area (TPSA) is 63.7 Å². The van der Waals surface area contributed by atoms with E-state index in [0.717, 1.165) is 36.6 Å². The SMILES string of the molecule is O=C(NC[C@@H]1COCCO1)[C@@H]1CCCN(c2nc3ccccc3s2)C1. The molecular weight excluding hydrogens is 338 g/mol. The van der Waals surface area contributed by atoms with Crippen molar-refractivity contribution in [1.82, 2.24) is 10.3 Å². The predicted molar refractivity (Wildman–Crippen MR) is 98.1 cm³/mol. The molecule has 4 rings (SSSR count). The van der Waals surface area contributed by atoms with Gasteiger partial charge in [0.25, 0.3) is 0 Å². The maximum absolute atomic E-state index is 12.5.